The molecule has 0 bridgehead atoms. The molecule has 34 heavy (non-hydrogen) atoms. The van der Waals surface area contributed by atoms with Crippen LogP contribution in [0.5, 0.6) is 0 Å². The quantitative estimate of drug-likeness (QED) is 0.406. The summed E-state index contributed by atoms with van der Waals surface area (Å²) in [5.41, 5.74) is 2.75. The van der Waals surface area contributed by atoms with Gasteiger partial charge in [0, 0.05) is 29.4 Å². The summed E-state index contributed by atoms with van der Waals surface area (Å²) in [7, 11) is 0. The molecular weight excluding hydrogens is 459 g/mol. The highest BCUT2D eigenvalue weighted by Gasteiger charge is 2.35. The van der Waals surface area contributed by atoms with Gasteiger partial charge in [0.05, 0.1) is 17.7 Å². The Labute approximate surface area is 202 Å². The zero-order valence-electron chi connectivity index (χ0n) is 19.2. The van der Waals surface area contributed by atoms with Crippen molar-refractivity contribution in [3.05, 3.63) is 76.5 Å². The van der Waals surface area contributed by atoms with Crippen molar-refractivity contribution in [2.75, 3.05) is 13.2 Å². The van der Waals surface area contributed by atoms with Crippen molar-refractivity contribution in [2.24, 2.45) is 0 Å². The number of aromatic nitrogens is 2. The summed E-state index contributed by atoms with van der Waals surface area (Å²) in [6, 6.07) is 12.3. The zero-order valence-corrected chi connectivity index (χ0v) is 20.0. The second kappa shape index (κ2) is 10.4. The fourth-order valence-corrected chi connectivity index (χ4v) is 4.04. The maximum absolute atomic E-state index is 13.6. The van der Waals surface area contributed by atoms with Crippen LogP contribution in [0.25, 0.3) is 17.0 Å². The minimum atomic E-state index is -0.580. The second-order valence-electron chi connectivity index (χ2n) is 8.29. The Morgan fingerprint density at radius 2 is 2.00 bits per heavy atom. The molecule has 0 saturated heterocycles. The first-order chi connectivity index (χ1) is 16.3. The molecule has 4 rings (SSSR count). The molecule has 0 aliphatic carbocycles. The van der Waals surface area contributed by atoms with E-state index in [-0.39, 0.29) is 23.8 Å². The van der Waals surface area contributed by atoms with Crippen LogP contribution in [0.4, 0.5) is 9.18 Å². The van der Waals surface area contributed by atoms with Crippen LogP contribution in [0.2, 0.25) is 5.02 Å². The number of allylic oxidation sites excluding steroid dienone is 1. The zero-order chi connectivity index (χ0) is 24.2. The molecule has 7 nitrogen and oxygen atoms in total. The molecule has 0 radical (unpaired) electrons. The molecule has 1 aromatic heterocycles. The summed E-state index contributed by atoms with van der Waals surface area (Å²) in [4.78, 5) is 19.2. The Kier molecular flexibility index (Phi) is 7.29. The normalized spacial score (nSPS) is 16.4. The van der Waals surface area contributed by atoms with Crippen molar-refractivity contribution in [1.29, 1.82) is 0 Å². The van der Waals surface area contributed by atoms with Gasteiger partial charge in [-0.05, 0) is 57.0 Å². The standard InChI is InChI=1S/C25H26ClFN4O3/c1-15(2)33-13-5-12-31-16(3)21(22(28-25(31)32)17-8-10-20(27)11-9-17)24-29-23(30-34-24)18-6-4-7-19(26)14-18/h4,6-11,14-15,22H,5,12-13H2,1-3H3,(H,28,32). The topological polar surface area (TPSA) is 80.5 Å². The van der Waals surface area contributed by atoms with Gasteiger partial charge in [-0.25, -0.2) is 9.18 Å². The van der Waals surface area contributed by atoms with Crippen molar-refractivity contribution in [3.63, 3.8) is 0 Å². The van der Waals surface area contributed by atoms with E-state index in [1.165, 1.54) is 12.1 Å². The highest BCUT2D eigenvalue weighted by atomic mass is 35.5. The molecule has 1 unspecified atom stereocenters. The lowest BCUT2D eigenvalue weighted by molar-refractivity contribution is 0.0736. The van der Waals surface area contributed by atoms with Gasteiger partial charge in [0.15, 0.2) is 0 Å². The number of halogens is 2. The predicted octanol–water partition coefficient (Wildman–Crippen LogP) is 5.84. The summed E-state index contributed by atoms with van der Waals surface area (Å²) in [5.74, 6) is 0.288. The molecule has 1 aliphatic heterocycles. The van der Waals surface area contributed by atoms with Crippen LogP contribution in [-0.4, -0.2) is 40.3 Å². The van der Waals surface area contributed by atoms with Crippen molar-refractivity contribution < 1.29 is 18.4 Å². The van der Waals surface area contributed by atoms with Gasteiger partial charge in [-0.1, -0.05) is 41.0 Å². The Bertz CT molecular complexity index is 1190. The molecule has 0 fully saturated rings. The van der Waals surface area contributed by atoms with Gasteiger partial charge in [-0.3, -0.25) is 4.90 Å². The number of ether oxygens (including phenoxy) is 1. The monoisotopic (exact) mass is 484 g/mol. The maximum Gasteiger partial charge on any atom is 0.322 e. The third-order valence-corrected chi connectivity index (χ3v) is 5.75. The number of amides is 2. The number of rotatable bonds is 8. The molecule has 1 N–H and O–H groups in total. The van der Waals surface area contributed by atoms with Gasteiger partial charge in [0.2, 0.25) is 5.82 Å². The SMILES string of the molecule is CC1=C(c2nc(-c3cccc(Cl)c3)no2)C(c2ccc(F)cc2)NC(=O)N1CCCOC(C)C. The van der Waals surface area contributed by atoms with E-state index in [2.05, 4.69) is 15.5 Å². The molecule has 3 aromatic rings. The number of hydrogen-bond acceptors (Lipinski definition) is 5. The van der Waals surface area contributed by atoms with Crippen molar-refractivity contribution >= 4 is 23.2 Å². The first-order valence-electron chi connectivity index (χ1n) is 11.1. The number of nitrogens with one attached hydrogen (secondary N) is 1. The van der Waals surface area contributed by atoms with E-state index in [0.717, 1.165) is 0 Å². The van der Waals surface area contributed by atoms with E-state index < -0.39 is 6.04 Å². The summed E-state index contributed by atoms with van der Waals surface area (Å²) in [6.45, 7) is 6.77. The van der Waals surface area contributed by atoms with E-state index >= 15 is 0 Å². The highest BCUT2D eigenvalue weighted by molar-refractivity contribution is 6.30. The molecule has 9 heteroatoms. The van der Waals surface area contributed by atoms with Crippen LogP contribution in [-0.2, 0) is 4.74 Å². The van der Waals surface area contributed by atoms with Crippen LogP contribution in [0.15, 0.2) is 58.8 Å². The number of hydrogen-bond donors (Lipinski definition) is 1. The van der Waals surface area contributed by atoms with E-state index in [4.69, 9.17) is 20.9 Å². The van der Waals surface area contributed by atoms with Crippen LogP contribution in [0.3, 0.4) is 0 Å². The number of carbonyl (C=O) groups excluding carboxylic acids is 1. The first kappa shape index (κ1) is 23.9. The second-order valence-corrected chi connectivity index (χ2v) is 8.73. The summed E-state index contributed by atoms with van der Waals surface area (Å²) < 4.78 is 24.8. The third-order valence-electron chi connectivity index (χ3n) is 5.52. The number of urea groups is 1. The summed E-state index contributed by atoms with van der Waals surface area (Å²) >= 11 is 6.11. The predicted molar refractivity (Wildman–Crippen MR) is 127 cm³/mol. The van der Waals surface area contributed by atoms with Gasteiger partial charge in [0.25, 0.3) is 5.89 Å². The summed E-state index contributed by atoms with van der Waals surface area (Å²) in [5, 5.41) is 7.69. The first-order valence-corrected chi connectivity index (χ1v) is 11.5. The lowest BCUT2D eigenvalue weighted by Gasteiger charge is -2.35. The minimum Gasteiger partial charge on any atom is -0.379 e. The van der Waals surface area contributed by atoms with Crippen molar-refractivity contribution in [2.45, 2.75) is 39.3 Å². The van der Waals surface area contributed by atoms with Gasteiger partial charge >= 0.3 is 6.03 Å². The van der Waals surface area contributed by atoms with Gasteiger partial charge < -0.3 is 14.6 Å². The molecule has 0 spiro atoms. The van der Waals surface area contributed by atoms with Crippen LogP contribution >= 0.6 is 11.6 Å². The summed E-state index contributed by atoms with van der Waals surface area (Å²) in [6.07, 6.45) is 0.781. The average molecular weight is 485 g/mol. The van der Waals surface area contributed by atoms with E-state index in [1.54, 1.807) is 35.2 Å². The highest BCUT2D eigenvalue weighted by Crippen LogP contribution is 2.37. The molecular formula is C25H26ClFN4O3. The van der Waals surface area contributed by atoms with Crippen LogP contribution in [0, 0.1) is 5.82 Å². The molecule has 2 amide bonds. The third kappa shape index (κ3) is 5.29. The number of carbonyl (C=O) groups is 1. The minimum absolute atomic E-state index is 0.119. The Morgan fingerprint density at radius 3 is 2.71 bits per heavy atom. The van der Waals surface area contributed by atoms with Crippen molar-refractivity contribution in [1.82, 2.24) is 20.4 Å². The molecule has 2 aromatic carbocycles. The fraction of sp³-hybridized carbons (Fsp3) is 0.320. The Morgan fingerprint density at radius 1 is 1.24 bits per heavy atom. The largest absolute Gasteiger partial charge is 0.379 e. The van der Waals surface area contributed by atoms with Crippen LogP contribution < -0.4 is 5.32 Å². The lowest BCUT2D eigenvalue weighted by Crippen LogP contribution is -2.46. The molecule has 0 saturated carbocycles. The maximum atomic E-state index is 13.6. The number of benzene rings is 2. The molecule has 1 atom stereocenters. The van der Waals surface area contributed by atoms with E-state index in [9.17, 15) is 9.18 Å². The Hall–Kier alpha value is -3.23. The van der Waals surface area contributed by atoms with Crippen LogP contribution in [0.1, 0.15) is 44.7 Å². The fourth-order valence-electron chi connectivity index (χ4n) is 3.85. The lowest BCUT2D eigenvalue weighted by atomic mass is 9.94. The molecule has 178 valence electrons. The average Bonchev–Trinajstić information content (AvgIpc) is 3.28. The number of nitrogens with zero attached hydrogens (tertiary/aromatic N) is 3. The van der Waals surface area contributed by atoms with Gasteiger partial charge in [-0.15, -0.1) is 0 Å². The van der Waals surface area contributed by atoms with Gasteiger partial charge in [0.1, 0.15) is 5.82 Å². The Balaban J connectivity index is 1.71. The molecule has 1 aliphatic rings. The smallest absolute Gasteiger partial charge is 0.322 e. The van der Waals surface area contributed by atoms with Gasteiger partial charge in [-0.2, -0.15) is 4.98 Å². The van der Waals surface area contributed by atoms with E-state index in [0.29, 0.717) is 52.8 Å². The molecule has 2 heterocycles. The van der Waals surface area contributed by atoms with Crippen molar-refractivity contribution in [3.8, 4) is 11.4 Å². The van der Waals surface area contributed by atoms with E-state index in [1.807, 2.05) is 26.8 Å².